The molecular weight excluding hydrogens is 282 g/mol. The molecule has 118 valence electrons. The summed E-state index contributed by atoms with van der Waals surface area (Å²) in [5.41, 5.74) is 0.715. The minimum atomic E-state index is 0.0230. The summed E-state index contributed by atoms with van der Waals surface area (Å²) in [5.74, 6) is 2.65. The molecule has 1 aliphatic heterocycles. The van der Waals surface area contributed by atoms with Crippen LogP contribution >= 0.6 is 11.6 Å². The molecule has 3 heteroatoms. The number of nitrogens with one attached hydrogen (secondary N) is 1. The van der Waals surface area contributed by atoms with Gasteiger partial charge < -0.3 is 5.32 Å². The van der Waals surface area contributed by atoms with E-state index in [0.717, 1.165) is 24.2 Å². The molecule has 0 radical (unpaired) electrons. The van der Waals surface area contributed by atoms with Crippen LogP contribution in [0.1, 0.15) is 65.2 Å². The molecule has 7 atom stereocenters. The molecule has 0 spiro atoms. The van der Waals surface area contributed by atoms with Gasteiger partial charge >= 0.3 is 0 Å². The molecule has 4 aliphatic rings. The predicted molar refractivity (Wildman–Crippen MR) is 85.2 cm³/mol. The minimum absolute atomic E-state index is 0.0230. The molecule has 0 aromatic heterocycles. The number of rotatable bonds is 0. The Kier molecular flexibility index (Phi) is 3.17. The molecule has 4 rings (SSSR count). The van der Waals surface area contributed by atoms with Gasteiger partial charge in [0.2, 0.25) is 5.91 Å². The Hall–Kier alpha value is -0.240. The van der Waals surface area contributed by atoms with Crippen molar-refractivity contribution in [3.63, 3.8) is 0 Å². The van der Waals surface area contributed by atoms with Crippen molar-refractivity contribution in [1.82, 2.24) is 5.32 Å². The van der Waals surface area contributed by atoms with Crippen molar-refractivity contribution in [1.29, 1.82) is 0 Å². The molecule has 2 unspecified atom stereocenters. The van der Waals surface area contributed by atoms with Crippen LogP contribution in [0.2, 0.25) is 0 Å². The van der Waals surface area contributed by atoms with Gasteiger partial charge in [-0.1, -0.05) is 20.3 Å². The lowest BCUT2D eigenvalue weighted by molar-refractivity contribution is -0.134. The number of alkyl halides is 1. The molecule has 1 N–H and O–H groups in total. The van der Waals surface area contributed by atoms with E-state index in [-0.39, 0.29) is 16.7 Å². The van der Waals surface area contributed by atoms with Crippen LogP contribution in [-0.4, -0.2) is 17.3 Å². The summed E-state index contributed by atoms with van der Waals surface area (Å²) in [7, 11) is 0. The fourth-order valence-electron chi connectivity index (χ4n) is 6.70. The standard InChI is InChI=1S/C18H28ClNO/c1-17-8-3-4-12(17)11-5-6-15-18(2,13(11)7-9-17)14(19)10-16(21)20-15/h11-15H,3-10H2,1-2H3,(H,20,21)/t11-,12-,13+,14?,15?,17-,18-/m0/s1. The smallest absolute Gasteiger partial charge is 0.221 e. The van der Waals surface area contributed by atoms with E-state index in [1.165, 1.54) is 38.5 Å². The molecule has 1 saturated heterocycles. The third kappa shape index (κ3) is 1.87. The first-order chi connectivity index (χ1) is 9.95. The molecule has 21 heavy (non-hydrogen) atoms. The van der Waals surface area contributed by atoms with Crippen molar-refractivity contribution < 1.29 is 4.79 Å². The van der Waals surface area contributed by atoms with Gasteiger partial charge in [-0.15, -0.1) is 11.6 Å². The largest absolute Gasteiger partial charge is 0.353 e. The van der Waals surface area contributed by atoms with E-state index >= 15 is 0 Å². The Balaban J connectivity index is 1.67. The van der Waals surface area contributed by atoms with Crippen molar-refractivity contribution in [3.8, 4) is 0 Å². The summed E-state index contributed by atoms with van der Waals surface area (Å²) < 4.78 is 0. The number of hydrogen-bond acceptors (Lipinski definition) is 1. The number of fused-ring (bicyclic) bond motifs is 5. The van der Waals surface area contributed by atoms with Crippen molar-refractivity contribution in [2.75, 3.05) is 0 Å². The third-order valence-corrected chi connectivity index (χ3v) is 8.56. The summed E-state index contributed by atoms with van der Waals surface area (Å²) in [6, 6.07) is 0.313. The van der Waals surface area contributed by atoms with Gasteiger partial charge in [-0.2, -0.15) is 0 Å². The van der Waals surface area contributed by atoms with Gasteiger partial charge in [0.15, 0.2) is 0 Å². The highest BCUT2D eigenvalue weighted by Gasteiger charge is 2.60. The average Bonchev–Trinajstić information content (AvgIpc) is 2.82. The Morgan fingerprint density at radius 3 is 2.71 bits per heavy atom. The predicted octanol–water partition coefficient (Wildman–Crippen LogP) is 4.12. The molecule has 2 nitrogen and oxygen atoms in total. The SMILES string of the molecule is C[C@@]12CCC[C@H]1[C@@H]1CCC3NC(=O)CC(Cl)[C@]3(C)[C@@H]1CC2. The van der Waals surface area contributed by atoms with E-state index in [2.05, 4.69) is 19.2 Å². The molecule has 0 bridgehead atoms. The van der Waals surface area contributed by atoms with Gasteiger partial charge in [-0.05, 0) is 61.7 Å². The van der Waals surface area contributed by atoms with E-state index in [0.29, 0.717) is 17.9 Å². The zero-order chi connectivity index (χ0) is 14.8. The normalized spacial score (nSPS) is 56.1. The van der Waals surface area contributed by atoms with Gasteiger partial charge in [-0.3, -0.25) is 4.79 Å². The lowest BCUT2D eigenvalue weighted by Gasteiger charge is -2.61. The van der Waals surface area contributed by atoms with Crippen LogP contribution in [0, 0.1) is 28.6 Å². The van der Waals surface area contributed by atoms with Crippen molar-refractivity contribution in [2.45, 2.75) is 76.6 Å². The summed E-state index contributed by atoms with van der Waals surface area (Å²) in [5, 5.41) is 3.29. The maximum atomic E-state index is 11.9. The van der Waals surface area contributed by atoms with Crippen molar-refractivity contribution in [2.24, 2.45) is 28.6 Å². The molecular formula is C18H28ClNO. The molecule has 3 aliphatic carbocycles. The Morgan fingerprint density at radius 1 is 1.10 bits per heavy atom. The fraction of sp³-hybridized carbons (Fsp3) is 0.944. The third-order valence-electron chi connectivity index (χ3n) is 7.93. The van der Waals surface area contributed by atoms with Gasteiger partial charge in [0.25, 0.3) is 0 Å². The Labute approximate surface area is 133 Å². The highest BCUT2D eigenvalue weighted by molar-refractivity contribution is 6.22. The van der Waals surface area contributed by atoms with Crippen LogP contribution in [0.3, 0.4) is 0 Å². The van der Waals surface area contributed by atoms with E-state index in [1.807, 2.05) is 0 Å². The summed E-state index contributed by atoms with van der Waals surface area (Å²) in [6.45, 7) is 4.92. The van der Waals surface area contributed by atoms with Crippen LogP contribution in [0.5, 0.6) is 0 Å². The van der Waals surface area contributed by atoms with Crippen LogP contribution in [0.15, 0.2) is 0 Å². The number of piperidine rings is 1. The fourth-order valence-corrected chi connectivity index (χ4v) is 7.15. The second-order valence-corrected chi connectivity index (χ2v) is 9.22. The number of carbonyl (C=O) groups excluding carboxylic acids is 1. The highest BCUT2D eigenvalue weighted by atomic mass is 35.5. The summed E-state index contributed by atoms with van der Waals surface area (Å²) in [4.78, 5) is 11.9. The first-order valence-corrected chi connectivity index (χ1v) is 9.32. The van der Waals surface area contributed by atoms with Gasteiger partial charge in [-0.25, -0.2) is 0 Å². The zero-order valence-corrected chi connectivity index (χ0v) is 14.1. The van der Waals surface area contributed by atoms with Gasteiger partial charge in [0.05, 0.1) is 0 Å². The molecule has 1 heterocycles. The maximum Gasteiger partial charge on any atom is 0.221 e. The monoisotopic (exact) mass is 309 g/mol. The van der Waals surface area contributed by atoms with E-state index in [4.69, 9.17) is 11.6 Å². The number of hydrogen-bond donors (Lipinski definition) is 1. The Bertz CT molecular complexity index is 466. The second-order valence-electron chi connectivity index (χ2n) is 8.70. The number of amides is 1. The number of halogens is 1. The highest BCUT2D eigenvalue weighted by Crippen LogP contribution is 2.64. The zero-order valence-electron chi connectivity index (χ0n) is 13.3. The summed E-state index contributed by atoms with van der Waals surface area (Å²) in [6.07, 6.45) is 9.93. The lowest BCUT2D eigenvalue weighted by Crippen LogP contribution is -2.64. The van der Waals surface area contributed by atoms with Crippen LogP contribution in [0.4, 0.5) is 0 Å². The van der Waals surface area contributed by atoms with E-state index in [1.54, 1.807) is 0 Å². The molecule has 0 aromatic carbocycles. The maximum absolute atomic E-state index is 11.9. The van der Waals surface area contributed by atoms with Crippen molar-refractivity contribution >= 4 is 17.5 Å². The second kappa shape index (κ2) is 4.63. The number of carbonyl (C=O) groups is 1. The van der Waals surface area contributed by atoms with Crippen molar-refractivity contribution in [3.05, 3.63) is 0 Å². The first kappa shape index (κ1) is 14.4. The van der Waals surface area contributed by atoms with E-state index in [9.17, 15) is 4.79 Å². The minimum Gasteiger partial charge on any atom is -0.353 e. The topological polar surface area (TPSA) is 29.1 Å². The quantitative estimate of drug-likeness (QED) is 0.670. The first-order valence-electron chi connectivity index (χ1n) is 8.88. The average molecular weight is 310 g/mol. The van der Waals surface area contributed by atoms with Gasteiger partial charge in [0.1, 0.15) is 0 Å². The van der Waals surface area contributed by atoms with Crippen LogP contribution in [-0.2, 0) is 4.79 Å². The van der Waals surface area contributed by atoms with E-state index < -0.39 is 0 Å². The molecule has 1 amide bonds. The van der Waals surface area contributed by atoms with Crippen LogP contribution in [0.25, 0.3) is 0 Å². The van der Waals surface area contributed by atoms with Crippen LogP contribution < -0.4 is 5.32 Å². The summed E-state index contributed by atoms with van der Waals surface area (Å²) >= 11 is 6.76. The molecule has 4 fully saturated rings. The lowest BCUT2D eigenvalue weighted by atomic mass is 9.47. The van der Waals surface area contributed by atoms with Gasteiger partial charge in [0, 0.05) is 23.3 Å². The Morgan fingerprint density at radius 2 is 1.90 bits per heavy atom. The molecule has 3 saturated carbocycles. The molecule has 0 aromatic rings.